The van der Waals surface area contributed by atoms with Gasteiger partial charge in [-0.15, -0.1) is 11.3 Å². The monoisotopic (exact) mass is 330 g/mol. The summed E-state index contributed by atoms with van der Waals surface area (Å²) in [6.07, 6.45) is 1.66. The minimum atomic E-state index is -0.941. The molecule has 0 spiro atoms. The van der Waals surface area contributed by atoms with E-state index in [1.807, 2.05) is 19.9 Å². The maximum absolute atomic E-state index is 12.4. The van der Waals surface area contributed by atoms with E-state index in [0.29, 0.717) is 10.9 Å². The summed E-state index contributed by atoms with van der Waals surface area (Å²) in [6, 6.07) is 2.38. The summed E-state index contributed by atoms with van der Waals surface area (Å²) < 4.78 is 0.668. The molecule has 1 aromatic heterocycles. The number of aliphatic carboxylic acids is 1. The number of urea groups is 1. The van der Waals surface area contributed by atoms with Crippen LogP contribution in [0.1, 0.15) is 37.6 Å². The Kier molecular flexibility index (Phi) is 5.11. The van der Waals surface area contributed by atoms with E-state index in [4.69, 9.17) is 11.6 Å². The fraction of sp³-hybridized carbons (Fsp3) is 0.571. The third-order valence-electron chi connectivity index (χ3n) is 3.81. The molecule has 21 heavy (non-hydrogen) atoms. The Balaban J connectivity index is 2.06. The first-order chi connectivity index (χ1) is 9.90. The van der Waals surface area contributed by atoms with E-state index in [9.17, 15) is 14.7 Å². The average Bonchev–Trinajstić information content (AvgIpc) is 2.84. The predicted octanol–water partition coefficient (Wildman–Crippen LogP) is 3.36. The molecule has 1 aromatic rings. The minimum Gasteiger partial charge on any atom is -0.480 e. The number of rotatable bonds is 3. The van der Waals surface area contributed by atoms with E-state index in [1.165, 1.54) is 16.2 Å². The highest BCUT2D eigenvalue weighted by Gasteiger charge is 2.37. The van der Waals surface area contributed by atoms with Crippen molar-refractivity contribution < 1.29 is 14.7 Å². The molecule has 0 saturated carbocycles. The SMILES string of the molecule is CC(NC(=O)N1CCCC(C)C1C(=O)O)c1ccc(Cl)s1. The van der Waals surface area contributed by atoms with Crippen molar-refractivity contribution in [3.63, 3.8) is 0 Å². The molecule has 0 radical (unpaired) electrons. The Labute approximate surface area is 132 Å². The lowest BCUT2D eigenvalue weighted by Crippen LogP contribution is -2.55. The second kappa shape index (κ2) is 6.66. The number of piperidine rings is 1. The highest BCUT2D eigenvalue weighted by atomic mass is 35.5. The molecule has 3 atom stereocenters. The van der Waals surface area contributed by atoms with E-state index in [1.54, 1.807) is 6.07 Å². The molecule has 1 aliphatic heterocycles. The number of nitrogens with zero attached hydrogens (tertiary/aromatic N) is 1. The van der Waals surface area contributed by atoms with E-state index in [2.05, 4.69) is 5.32 Å². The Morgan fingerprint density at radius 3 is 2.81 bits per heavy atom. The Bertz CT molecular complexity index is 534. The Hall–Kier alpha value is -1.27. The van der Waals surface area contributed by atoms with Crippen LogP contribution < -0.4 is 5.32 Å². The van der Waals surface area contributed by atoms with Gasteiger partial charge in [-0.25, -0.2) is 9.59 Å². The summed E-state index contributed by atoms with van der Waals surface area (Å²) in [5.74, 6) is -0.974. The first kappa shape index (κ1) is 16.1. The Morgan fingerprint density at radius 1 is 1.52 bits per heavy atom. The van der Waals surface area contributed by atoms with Crippen molar-refractivity contribution in [3.05, 3.63) is 21.3 Å². The lowest BCUT2D eigenvalue weighted by molar-refractivity contribution is -0.145. The number of carbonyl (C=O) groups is 2. The standard InChI is InChI=1S/C14H19ClN2O3S/c1-8-4-3-7-17(12(8)13(18)19)14(20)16-9(2)10-5-6-11(15)21-10/h5-6,8-9,12H,3-4,7H2,1-2H3,(H,16,20)(H,18,19). The summed E-state index contributed by atoms with van der Waals surface area (Å²) >= 11 is 7.30. The summed E-state index contributed by atoms with van der Waals surface area (Å²) in [7, 11) is 0. The van der Waals surface area contributed by atoms with Crippen LogP contribution in [-0.4, -0.2) is 34.6 Å². The van der Waals surface area contributed by atoms with Crippen molar-refractivity contribution in [1.82, 2.24) is 10.2 Å². The van der Waals surface area contributed by atoms with Gasteiger partial charge in [0.2, 0.25) is 0 Å². The highest BCUT2D eigenvalue weighted by Crippen LogP contribution is 2.28. The maximum Gasteiger partial charge on any atom is 0.326 e. The summed E-state index contributed by atoms with van der Waals surface area (Å²) in [6.45, 7) is 4.22. The van der Waals surface area contributed by atoms with Crippen LogP contribution in [0.25, 0.3) is 0 Å². The third-order valence-corrected chi connectivity index (χ3v) is 5.22. The van der Waals surface area contributed by atoms with Gasteiger partial charge in [0.1, 0.15) is 6.04 Å². The number of likely N-dealkylation sites (tertiary alicyclic amines) is 1. The number of hydrogen-bond donors (Lipinski definition) is 2. The third kappa shape index (κ3) is 3.68. The topological polar surface area (TPSA) is 69.6 Å². The van der Waals surface area contributed by atoms with Gasteiger partial charge in [0.05, 0.1) is 10.4 Å². The molecule has 7 heteroatoms. The molecule has 3 unspecified atom stereocenters. The first-order valence-electron chi connectivity index (χ1n) is 6.95. The van der Waals surface area contributed by atoms with Gasteiger partial charge in [-0.1, -0.05) is 18.5 Å². The molecule has 0 bridgehead atoms. The minimum absolute atomic E-state index is 0.0338. The van der Waals surface area contributed by atoms with Gasteiger partial charge in [-0.3, -0.25) is 0 Å². The quantitative estimate of drug-likeness (QED) is 0.892. The molecule has 2 N–H and O–H groups in total. The molecule has 1 aliphatic rings. The lowest BCUT2D eigenvalue weighted by atomic mass is 9.91. The van der Waals surface area contributed by atoms with Gasteiger partial charge in [0.15, 0.2) is 0 Å². The zero-order valence-electron chi connectivity index (χ0n) is 12.0. The zero-order chi connectivity index (χ0) is 15.6. The van der Waals surface area contributed by atoms with E-state index < -0.39 is 12.0 Å². The molecular formula is C14H19ClN2O3S. The van der Waals surface area contributed by atoms with Crippen molar-refractivity contribution in [2.24, 2.45) is 5.92 Å². The second-order valence-electron chi connectivity index (χ2n) is 5.41. The number of amides is 2. The molecule has 116 valence electrons. The number of carboxylic acid groups (broad SMARTS) is 1. The van der Waals surface area contributed by atoms with E-state index in [-0.39, 0.29) is 18.0 Å². The van der Waals surface area contributed by atoms with Crippen LogP contribution in [0.5, 0.6) is 0 Å². The van der Waals surface area contributed by atoms with Crippen molar-refractivity contribution >= 4 is 34.9 Å². The Morgan fingerprint density at radius 2 is 2.24 bits per heavy atom. The normalized spacial score (nSPS) is 23.7. The fourth-order valence-corrected chi connectivity index (χ4v) is 3.76. The largest absolute Gasteiger partial charge is 0.480 e. The van der Waals surface area contributed by atoms with Crippen molar-refractivity contribution in [3.8, 4) is 0 Å². The van der Waals surface area contributed by atoms with E-state index in [0.717, 1.165) is 17.7 Å². The summed E-state index contributed by atoms with van der Waals surface area (Å²) in [5, 5.41) is 12.2. The molecule has 0 aromatic carbocycles. The molecular weight excluding hydrogens is 312 g/mol. The number of hydrogen-bond acceptors (Lipinski definition) is 3. The van der Waals surface area contributed by atoms with Crippen LogP contribution in [0.15, 0.2) is 12.1 Å². The first-order valence-corrected chi connectivity index (χ1v) is 8.14. The number of nitrogens with one attached hydrogen (secondary N) is 1. The fourth-order valence-electron chi connectivity index (χ4n) is 2.69. The van der Waals surface area contributed by atoms with Gasteiger partial charge in [0.25, 0.3) is 0 Å². The number of thiophene rings is 1. The molecule has 2 rings (SSSR count). The van der Waals surface area contributed by atoms with Crippen molar-refractivity contribution in [1.29, 1.82) is 0 Å². The zero-order valence-corrected chi connectivity index (χ0v) is 13.6. The maximum atomic E-state index is 12.4. The highest BCUT2D eigenvalue weighted by molar-refractivity contribution is 7.16. The van der Waals surface area contributed by atoms with Gasteiger partial charge in [-0.05, 0) is 37.8 Å². The summed E-state index contributed by atoms with van der Waals surface area (Å²) in [5.41, 5.74) is 0. The van der Waals surface area contributed by atoms with Gasteiger partial charge in [0, 0.05) is 11.4 Å². The van der Waals surface area contributed by atoms with E-state index >= 15 is 0 Å². The molecule has 1 fully saturated rings. The molecule has 5 nitrogen and oxygen atoms in total. The van der Waals surface area contributed by atoms with Crippen LogP contribution in [0, 0.1) is 5.92 Å². The predicted molar refractivity (Wildman–Crippen MR) is 82.8 cm³/mol. The van der Waals surface area contributed by atoms with Crippen LogP contribution in [0.4, 0.5) is 4.79 Å². The second-order valence-corrected chi connectivity index (χ2v) is 7.16. The van der Waals surface area contributed by atoms with Crippen LogP contribution >= 0.6 is 22.9 Å². The van der Waals surface area contributed by atoms with Gasteiger partial charge < -0.3 is 15.3 Å². The number of carboxylic acids is 1. The van der Waals surface area contributed by atoms with Crippen LogP contribution in [-0.2, 0) is 4.79 Å². The van der Waals surface area contributed by atoms with Crippen LogP contribution in [0.3, 0.4) is 0 Å². The smallest absolute Gasteiger partial charge is 0.326 e. The molecule has 2 heterocycles. The summed E-state index contributed by atoms with van der Waals surface area (Å²) in [4.78, 5) is 26.2. The number of carbonyl (C=O) groups excluding carboxylic acids is 1. The van der Waals surface area contributed by atoms with Crippen molar-refractivity contribution in [2.45, 2.75) is 38.8 Å². The number of halogens is 1. The van der Waals surface area contributed by atoms with Crippen LogP contribution in [0.2, 0.25) is 4.34 Å². The van der Waals surface area contributed by atoms with Gasteiger partial charge >= 0.3 is 12.0 Å². The molecule has 2 amide bonds. The van der Waals surface area contributed by atoms with Gasteiger partial charge in [-0.2, -0.15) is 0 Å². The molecule has 1 saturated heterocycles. The average molecular weight is 331 g/mol. The van der Waals surface area contributed by atoms with Crippen molar-refractivity contribution in [2.75, 3.05) is 6.54 Å². The lowest BCUT2D eigenvalue weighted by Gasteiger charge is -2.37. The molecule has 0 aliphatic carbocycles.